The number of amides is 1. The summed E-state index contributed by atoms with van der Waals surface area (Å²) < 4.78 is 7.57. The topological polar surface area (TPSA) is 98.5 Å². The van der Waals surface area contributed by atoms with Crippen LogP contribution in [0.2, 0.25) is 0 Å². The third kappa shape index (κ3) is 3.45. The number of methoxy groups -OCH3 is 1. The number of carbonyl (C=O) groups excluding carboxylic acids is 1. The van der Waals surface area contributed by atoms with Gasteiger partial charge in [-0.3, -0.25) is 18.7 Å². The van der Waals surface area contributed by atoms with Gasteiger partial charge in [-0.05, 0) is 12.8 Å². The van der Waals surface area contributed by atoms with Crippen molar-refractivity contribution in [2.24, 2.45) is 7.05 Å². The Hall–Kier alpha value is -2.20. The molecule has 1 aliphatic rings. The van der Waals surface area contributed by atoms with Crippen LogP contribution in [0.3, 0.4) is 0 Å². The summed E-state index contributed by atoms with van der Waals surface area (Å²) in [5.41, 5.74) is -0.640. The number of fused-ring (bicyclic) bond motifs is 1. The fourth-order valence-electron chi connectivity index (χ4n) is 2.81. The Morgan fingerprint density at radius 2 is 2.04 bits per heavy atom. The summed E-state index contributed by atoms with van der Waals surface area (Å²) in [4.78, 5) is 43.6. The Kier molecular flexibility index (Phi) is 5.19. The predicted molar refractivity (Wildman–Crippen MR) is 95.5 cm³/mol. The molecular weight excluding hydrogens is 346 g/mol. The summed E-state index contributed by atoms with van der Waals surface area (Å²) >= 11 is 1.28. The van der Waals surface area contributed by atoms with Crippen molar-refractivity contribution in [3.05, 3.63) is 20.8 Å². The molecule has 0 radical (unpaired) electrons. The molecule has 0 atom stereocenters. The van der Waals surface area contributed by atoms with E-state index < -0.39 is 5.69 Å². The van der Waals surface area contributed by atoms with Crippen LogP contribution < -0.4 is 21.5 Å². The number of rotatable bonds is 6. The van der Waals surface area contributed by atoms with Gasteiger partial charge in [-0.15, -0.1) is 0 Å². The number of carbonyl (C=O) groups is 1. The molecule has 9 nitrogen and oxygen atoms in total. The summed E-state index contributed by atoms with van der Waals surface area (Å²) in [6.07, 6.45) is 2.17. The van der Waals surface area contributed by atoms with Gasteiger partial charge in [0.05, 0.1) is 6.61 Å². The van der Waals surface area contributed by atoms with E-state index in [-0.39, 0.29) is 23.7 Å². The lowest BCUT2D eigenvalue weighted by molar-refractivity contribution is -0.121. The Balaban J connectivity index is 1.99. The first-order valence-electron chi connectivity index (χ1n) is 8.14. The largest absolute Gasteiger partial charge is 0.383 e. The van der Waals surface area contributed by atoms with Gasteiger partial charge in [-0.1, -0.05) is 11.3 Å². The molecule has 1 fully saturated rings. The van der Waals surface area contributed by atoms with E-state index in [1.54, 1.807) is 7.11 Å². The number of ether oxygens (including phenoxy) is 1. The van der Waals surface area contributed by atoms with Crippen molar-refractivity contribution in [2.75, 3.05) is 38.3 Å². The van der Waals surface area contributed by atoms with Gasteiger partial charge in [0, 0.05) is 33.8 Å². The number of nitrogens with zero attached hydrogens (tertiary/aromatic N) is 4. The zero-order valence-electron chi connectivity index (χ0n) is 14.3. The zero-order valence-corrected chi connectivity index (χ0v) is 15.1. The molecule has 1 N–H and O–H groups in total. The molecule has 0 saturated carbocycles. The van der Waals surface area contributed by atoms with Gasteiger partial charge in [0.25, 0.3) is 5.56 Å². The Bertz CT molecular complexity index is 894. The molecule has 1 aliphatic heterocycles. The molecule has 1 amide bonds. The van der Waals surface area contributed by atoms with Crippen molar-refractivity contribution in [2.45, 2.75) is 19.4 Å². The van der Waals surface area contributed by atoms with Crippen molar-refractivity contribution in [3.63, 3.8) is 0 Å². The normalized spacial score (nSPS) is 14.4. The van der Waals surface area contributed by atoms with Gasteiger partial charge in [0.15, 0.2) is 10.8 Å². The summed E-state index contributed by atoms with van der Waals surface area (Å²) in [5, 5.41) is 3.40. The maximum Gasteiger partial charge on any atom is 0.332 e. The van der Waals surface area contributed by atoms with Crippen LogP contribution in [0.15, 0.2) is 9.59 Å². The first-order chi connectivity index (χ1) is 12.0. The maximum atomic E-state index is 12.5. The molecule has 2 aromatic heterocycles. The fourth-order valence-corrected chi connectivity index (χ4v) is 3.91. The molecule has 136 valence electrons. The summed E-state index contributed by atoms with van der Waals surface area (Å²) in [6.45, 7) is 2.34. The lowest BCUT2D eigenvalue weighted by Gasteiger charge is -2.12. The molecule has 3 heterocycles. The molecule has 1 saturated heterocycles. The van der Waals surface area contributed by atoms with Crippen LogP contribution >= 0.6 is 11.3 Å². The smallest absolute Gasteiger partial charge is 0.332 e. The number of thiazole rings is 1. The lowest BCUT2D eigenvalue weighted by Crippen LogP contribution is -2.41. The first-order valence-corrected chi connectivity index (χ1v) is 8.95. The Labute approximate surface area is 147 Å². The molecular formula is C15H21N5O4S. The van der Waals surface area contributed by atoms with E-state index in [0.29, 0.717) is 17.9 Å². The van der Waals surface area contributed by atoms with Gasteiger partial charge >= 0.3 is 5.69 Å². The quantitative estimate of drug-likeness (QED) is 0.693. The molecule has 2 aromatic rings. The van der Waals surface area contributed by atoms with Crippen LogP contribution in [-0.4, -0.2) is 53.4 Å². The number of hydrogen-bond acceptors (Lipinski definition) is 7. The first kappa shape index (κ1) is 17.6. The highest BCUT2D eigenvalue weighted by Gasteiger charge is 2.22. The second-order valence-corrected chi connectivity index (χ2v) is 6.90. The van der Waals surface area contributed by atoms with E-state index in [1.165, 1.54) is 23.0 Å². The SMILES string of the molecule is COCCNC(=O)Cn1c(=O)n(C)c(=O)c2sc(N3CCCC3)nc21. The van der Waals surface area contributed by atoms with Crippen molar-refractivity contribution in [1.82, 2.24) is 19.4 Å². The van der Waals surface area contributed by atoms with Gasteiger partial charge in [-0.2, -0.15) is 0 Å². The molecule has 0 bridgehead atoms. The summed E-state index contributed by atoms with van der Waals surface area (Å²) in [7, 11) is 2.96. The fraction of sp³-hybridized carbons (Fsp3) is 0.600. The van der Waals surface area contributed by atoms with Gasteiger partial charge in [0.2, 0.25) is 5.91 Å². The van der Waals surface area contributed by atoms with Crippen LogP contribution in [0.1, 0.15) is 12.8 Å². The molecule has 10 heteroatoms. The van der Waals surface area contributed by atoms with Crippen LogP contribution in [-0.2, 0) is 23.1 Å². The van der Waals surface area contributed by atoms with Crippen LogP contribution in [0.25, 0.3) is 10.3 Å². The van der Waals surface area contributed by atoms with E-state index >= 15 is 0 Å². The average molecular weight is 367 g/mol. The molecule has 0 aromatic carbocycles. The third-order valence-corrected chi connectivity index (χ3v) is 5.27. The van der Waals surface area contributed by atoms with Crippen LogP contribution in [0, 0.1) is 0 Å². The van der Waals surface area contributed by atoms with E-state index in [2.05, 4.69) is 15.2 Å². The molecule has 0 spiro atoms. The third-order valence-electron chi connectivity index (χ3n) is 4.18. The monoisotopic (exact) mass is 367 g/mol. The van der Waals surface area contributed by atoms with Crippen LogP contribution in [0.4, 0.5) is 5.13 Å². The second kappa shape index (κ2) is 7.36. The van der Waals surface area contributed by atoms with E-state index in [0.717, 1.165) is 35.6 Å². The highest BCUT2D eigenvalue weighted by molar-refractivity contribution is 7.22. The molecule has 25 heavy (non-hydrogen) atoms. The minimum atomic E-state index is -0.544. The van der Waals surface area contributed by atoms with Crippen molar-refractivity contribution in [1.29, 1.82) is 0 Å². The Morgan fingerprint density at radius 1 is 1.32 bits per heavy atom. The highest BCUT2D eigenvalue weighted by Crippen LogP contribution is 2.28. The van der Waals surface area contributed by atoms with Gasteiger partial charge < -0.3 is 15.0 Å². The van der Waals surface area contributed by atoms with Crippen LogP contribution in [0.5, 0.6) is 0 Å². The molecule has 0 aliphatic carbocycles. The summed E-state index contributed by atoms with van der Waals surface area (Å²) in [6, 6.07) is 0. The zero-order chi connectivity index (χ0) is 18.0. The Morgan fingerprint density at radius 3 is 2.72 bits per heavy atom. The second-order valence-electron chi connectivity index (χ2n) is 5.92. The van der Waals surface area contributed by atoms with E-state index in [9.17, 15) is 14.4 Å². The van der Waals surface area contributed by atoms with E-state index in [4.69, 9.17) is 4.74 Å². The van der Waals surface area contributed by atoms with Crippen molar-refractivity contribution < 1.29 is 9.53 Å². The van der Waals surface area contributed by atoms with Crippen molar-refractivity contribution in [3.8, 4) is 0 Å². The van der Waals surface area contributed by atoms with Gasteiger partial charge in [-0.25, -0.2) is 9.78 Å². The number of hydrogen-bond donors (Lipinski definition) is 1. The number of aromatic nitrogens is 3. The average Bonchev–Trinajstić information content (AvgIpc) is 3.26. The minimum Gasteiger partial charge on any atom is -0.383 e. The predicted octanol–water partition coefficient (Wildman–Crippen LogP) is -0.481. The number of anilines is 1. The lowest BCUT2D eigenvalue weighted by atomic mass is 10.4. The standard InChI is InChI=1S/C15H21N5O4S/c1-18-13(22)11-12(17-14(25-11)19-6-3-4-7-19)20(15(18)23)9-10(21)16-5-8-24-2/h3-9H2,1-2H3,(H,16,21). The maximum absolute atomic E-state index is 12.5. The summed E-state index contributed by atoms with van der Waals surface area (Å²) in [5.74, 6) is -0.324. The van der Waals surface area contributed by atoms with E-state index in [1.807, 2.05) is 0 Å². The number of nitrogens with one attached hydrogen (secondary N) is 1. The minimum absolute atomic E-state index is 0.184. The van der Waals surface area contributed by atoms with Crippen molar-refractivity contribution >= 4 is 32.7 Å². The molecule has 0 unspecified atom stereocenters. The molecule has 3 rings (SSSR count). The highest BCUT2D eigenvalue weighted by atomic mass is 32.1. The van der Waals surface area contributed by atoms with Gasteiger partial charge in [0.1, 0.15) is 11.2 Å².